The molecule has 0 aliphatic heterocycles. The number of carbonyl (C=O) groups excluding carboxylic acids is 1. The molecule has 3 heterocycles. The predicted octanol–water partition coefficient (Wildman–Crippen LogP) is 6.50. The van der Waals surface area contributed by atoms with Gasteiger partial charge in [0.25, 0.3) is 11.5 Å². The Morgan fingerprint density at radius 2 is 1.84 bits per heavy atom. The van der Waals surface area contributed by atoms with E-state index in [9.17, 15) is 9.59 Å². The lowest BCUT2D eigenvalue weighted by Gasteiger charge is -2.20. The van der Waals surface area contributed by atoms with Crippen molar-refractivity contribution in [3.05, 3.63) is 46.1 Å². The zero-order chi connectivity index (χ0) is 31.6. The summed E-state index contributed by atoms with van der Waals surface area (Å²) in [5.74, 6) is 2.13. The number of aromatic nitrogens is 6. The number of aryl methyl sites for hydroxylation is 2. The number of amides is 1. The minimum atomic E-state index is -0.256. The maximum atomic E-state index is 13.2. The SMILES string of the molecule is CCCCCCC(CCC)n1nc(-c2ccc(OCC)c(-c3nn4c(CCC)nc(C)c4c(=O)[nH]3)c2)cc1NC(=O)COC. The first-order chi connectivity index (χ1) is 21.3. The summed E-state index contributed by atoms with van der Waals surface area (Å²) in [6.07, 6.45) is 9.16. The van der Waals surface area contributed by atoms with E-state index < -0.39 is 0 Å². The zero-order valence-electron chi connectivity index (χ0n) is 27.0. The van der Waals surface area contributed by atoms with Crippen LogP contribution in [0.3, 0.4) is 0 Å². The molecule has 0 aliphatic carbocycles. The van der Waals surface area contributed by atoms with Crippen molar-refractivity contribution in [2.24, 2.45) is 0 Å². The van der Waals surface area contributed by atoms with Gasteiger partial charge in [0.05, 0.1) is 29.6 Å². The van der Waals surface area contributed by atoms with E-state index in [1.165, 1.54) is 26.4 Å². The summed E-state index contributed by atoms with van der Waals surface area (Å²) < 4.78 is 14.7. The van der Waals surface area contributed by atoms with Crippen LogP contribution in [-0.2, 0) is 16.0 Å². The van der Waals surface area contributed by atoms with Crippen molar-refractivity contribution in [2.45, 2.75) is 98.4 Å². The fourth-order valence-corrected chi connectivity index (χ4v) is 5.64. The van der Waals surface area contributed by atoms with E-state index in [1.807, 2.05) is 42.8 Å². The van der Waals surface area contributed by atoms with Crippen molar-refractivity contribution in [1.82, 2.24) is 29.4 Å². The number of H-pyrrole nitrogens is 1. The Kier molecular flexibility index (Phi) is 11.7. The fraction of sp³-hybridized carbons (Fsp3) is 0.545. The van der Waals surface area contributed by atoms with Crippen LogP contribution in [0.5, 0.6) is 5.75 Å². The molecule has 2 N–H and O–H groups in total. The molecule has 0 saturated heterocycles. The molecule has 238 valence electrons. The van der Waals surface area contributed by atoms with Gasteiger partial charge in [0, 0.05) is 25.2 Å². The van der Waals surface area contributed by atoms with Gasteiger partial charge in [0.15, 0.2) is 11.3 Å². The number of imidazole rings is 1. The minimum Gasteiger partial charge on any atom is -0.493 e. The quantitative estimate of drug-likeness (QED) is 0.131. The first-order valence-electron chi connectivity index (χ1n) is 16.0. The summed E-state index contributed by atoms with van der Waals surface area (Å²) in [7, 11) is 1.50. The molecule has 0 fully saturated rings. The first kappa shape index (κ1) is 32.9. The first-order valence-corrected chi connectivity index (χ1v) is 16.0. The summed E-state index contributed by atoms with van der Waals surface area (Å²) in [4.78, 5) is 33.4. The molecule has 0 radical (unpaired) electrons. The van der Waals surface area contributed by atoms with E-state index in [1.54, 1.807) is 4.52 Å². The van der Waals surface area contributed by atoms with Crippen molar-refractivity contribution in [2.75, 3.05) is 25.6 Å². The second kappa shape index (κ2) is 15.7. The van der Waals surface area contributed by atoms with Crippen LogP contribution in [0, 0.1) is 6.92 Å². The predicted molar refractivity (Wildman–Crippen MR) is 173 cm³/mol. The summed E-state index contributed by atoms with van der Waals surface area (Å²) >= 11 is 0. The van der Waals surface area contributed by atoms with E-state index in [0.717, 1.165) is 43.5 Å². The molecule has 0 bridgehead atoms. The van der Waals surface area contributed by atoms with E-state index >= 15 is 0 Å². The molecular formula is C33H47N7O4. The summed E-state index contributed by atoms with van der Waals surface area (Å²) in [6, 6.07) is 7.80. The number of anilines is 1. The Bertz CT molecular complexity index is 1600. The van der Waals surface area contributed by atoms with E-state index in [0.29, 0.717) is 52.9 Å². The zero-order valence-corrected chi connectivity index (χ0v) is 27.0. The average molecular weight is 606 g/mol. The van der Waals surface area contributed by atoms with Crippen LogP contribution >= 0.6 is 0 Å². The summed E-state index contributed by atoms with van der Waals surface area (Å²) in [5, 5.41) is 12.9. The van der Waals surface area contributed by atoms with Crippen LogP contribution < -0.4 is 15.6 Å². The largest absolute Gasteiger partial charge is 0.493 e. The number of ether oxygens (including phenoxy) is 2. The van der Waals surface area contributed by atoms with Gasteiger partial charge in [-0.1, -0.05) is 52.9 Å². The second-order valence-electron chi connectivity index (χ2n) is 11.2. The van der Waals surface area contributed by atoms with Gasteiger partial charge in [-0.3, -0.25) is 9.59 Å². The molecule has 0 saturated carbocycles. The number of fused-ring (bicyclic) bond motifs is 1. The number of methoxy groups -OCH3 is 1. The molecule has 1 aromatic carbocycles. The molecule has 0 spiro atoms. The Balaban J connectivity index is 1.82. The van der Waals surface area contributed by atoms with E-state index in [4.69, 9.17) is 19.7 Å². The highest BCUT2D eigenvalue weighted by molar-refractivity contribution is 5.91. The third-order valence-corrected chi connectivity index (χ3v) is 7.68. The molecular weight excluding hydrogens is 558 g/mol. The molecule has 1 atom stereocenters. The Hall–Kier alpha value is -3.99. The van der Waals surface area contributed by atoms with Crippen LogP contribution in [-0.4, -0.2) is 55.6 Å². The Labute approximate surface area is 259 Å². The van der Waals surface area contributed by atoms with E-state index in [-0.39, 0.29) is 24.1 Å². The van der Waals surface area contributed by atoms with Crippen LogP contribution in [0.1, 0.15) is 96.6 Å². The maximum Gasteiger partial charge on any atom is 0.277 e. The highest BCUT2D eigenvalue weighted by Gasteiger charge is 2.22. The molecule has 4 aromatic rings. The average Bonchev–Trinajstić information content (AvgIpc) is 3.56. The van der Waals surface area contributed by atoms with Gasteiger partial charge in [-0.25, -0.2) is 14.2 Å². The Morgan fingerprint density at radius 3 is 2.55 bits per heavy atom. The molecule has 1 unspecified atom stereocenters. The standard InChI is InChI=1S/C33H47N7O4/c1-7-11-12-13-16-24(14-8-2)39-29(35-30(41)21-43-6)20-26(37-39)23-17-18-27(44-10-4)25(19-23)32-36-33(42)31-22(5)34-28(15-9-3)40(31)38-32/h17-20,24H,7-16,21H2,1-6H3,(H,35,41)(H,36,38,42). The summed E-state index contributed by atoms with van der Waals surface area (Å²) in [5.41, 5.74) is 2.99. The van der Waals surface area contributed by atoms with Gasteiger partial charge in [0.1, 0.15) is 24.0 Å². The molecule has 11 nitrogen and oxygen atoms in total. The molecule has 44 heavy (non-hydrogen) atoms. The lowest BCUT2D eigenvalue weighted by Crippen LogP contribution is -2.21. The number of hydrogen-bond acceptors (Lipinski definition) is 7. The van der Waals surface area contributed by atoms with Crippen molar-refractivity contribution < 1.29 is 14.3 Å². The lowest BCUT2D eigenvalue weighted by atomic mass is 10.0. The van der Waals surface area contributed by atoms with Crippen LogP contribution in [0.15, 0.2) is 29.1 Å². The third kappa shape index (κ3) is 7.56. The normalized spacial score (nSPS) is 12.1. The van der Waals surface area contributed by atoms with Crippen molar-refractivity contribution >= 4 is 17.2 Å². The smallest absolute Gasteiger partial charge is 0.277 e. The highest BCUT2D eigenvalue weighted by Crippen LogP contribution is 2.35. The topological polar surface area (TPSA) is 128 Å². The number of hydrogen-bond donors (Lipinski definition) is 2. The van der Waals surface area contributed by atoms with Crippen molar-refractivity contribution in [3.63, 3.8) is 0 Å². The van der Waals surface area contributed by atoms with Crippen molar-refractivity contribution in [1.29, 1.82) is 0 Å². The number of nitrogens with one attached hydrogen (secondary N) is 2. The molecule has 11 heteroatoms. The lowest BCUT2D eigenvalue weighted by molar-refractivity contribution is -0.119. The number of carbonyl (C=O) groups is 1. The molecule has 3 aromatic heterocycles. The highest BCUT2D eigenvalue weighted by atomic mass is 16.5. The maximum absolute atomic E-state index is 13.2. The fourth-order valence-electron chi connectivity index (χ4n) is 5.64. The van der Waals surface area contributed by atoms with E-state index in [2.05, 4.69) is 36.1 Å². The van der Waals surface area contributed by atoms with Crippen LogP contribution in [0.4, 0.5) is 5.82 Å². The minimum absolute atomic E-state index is 0.0437. The van der Waals surface area contributed by atoms with Gasteiger partial charge < -0.3 is 19.8 Å². The van der Waals surface area contributed by atoms with Gasteiger partial charge in [-0.15, -0.1) is 5.10 Å². The Morgan fingerprint density at radius 1 is 1.02 bits per heavy atom. The number of nitrogens with zero attached hydrogens (tertiary/aromatic N) is 5. The number of benzene rings is 1. The molecule has 0 aliphatic rings. The third-order valence-electron chi connectivity index (χ3n) is 7.68. The van der Waals surface area contributed by atoms with Crippen molar-refractivity contribution in [3.8, 4) is 28.4 Å². The monoisotopic (exact) mass is 605 g/mol. The molecule has 1 amide bonds. The summed E-state index contributed by atoms with van der Waals surface area (Å²) in [6.45, 7) is 10.6. The molecule has 4 rings (SSSR count). The second-order valence-corrected chi connectivity index (χ2v) is 11.2. The van der Waals surface area contributed by atoms with Gasteiger partial charge in [-0.05, 0) is 51.3 Å². The number of aromatic amines is 1. The number of rotatable bonds is 17. The van der Waals surface area contributed by atoms with Gasteiger partial charge >= 0.3 is 0 Å². The van der Waals surface area contributed by atoms with Gasteiger partial charge in [-0.2, -0.15) is 5.10 Å². The van der Waals surface area contributed by atoms with Crippen LogP contribution in [0.25, 0.3) is 28.2 Å². The number of unbranched alkanes of at least 4 members (excludes halogenated alkanes) is 3. The van der Waals surface area contributed by atoms with Crippen LogP contribution in [0.2, 0.25) is 0 Å². The van der Waals surface area contributed by atoms with Gasteiger partial charge in [0.2, 0.25) is 0 Å².